The van der Waals surface area contributed by atoms with Crippen LogP contribution in [-0.4, -0.2) is 47.3 Å². The number of aliphatic hydroxyl groups is 1. The van der Waals surface area contributed by atoms with Crippen LogP contribution in [0.2, 0.25) is 0 Å². The fourth-order valence-corrected chi connectivity index (χ4v) is 1.21. The zero-order valence-corrected chi connectivity index (χ0v) is 9.59. The highest BCUT2D eigenvalue weighted by Crippen LogP contribution is 2.02. The van der Waals surface area contributed by atoms with Gasteiger partial charge in [0.1, 0.15) is 11.5 Å². The Morgan fingerprint density at radius 1 is 1.65 bits per heavy atom. The van der Waals surface area contributed by atoms with E-state index in [0.29, 0.717) is 18.8 Å². The molecule has 0 aliphatic rings. The highest BCUT2D eigenvalue weighted by Gasteiger charge is 2.05. The highest BCUT2D eigenvalue weighted by atomic mass is 16.5. The fourth-order valence-electron chi connectivity index (χ4n) is 1.21. The number of nitrogens with one attached hydrogen (secondary N) is 1. The van der Waals surface area contributed by atoms with Crippen molar-refractivity contribution in [1.82, 2.24) is 9.97 Å². The van der Waals surface area contributed by atoms with Crippen LogP contribution in [-0.2, 0) is 4.74 Å². The van der Waals surface area contributed by atoms with Gasteiger partial charge in [0.2, 0.25) is 0 Å². The fraction of sp³-hybridized carbons (Fsp3) is 0.500. The number of primary amides is 1. The molecule has 94 valence electrons. The maximum Gasteiger partial charge on any atom is 0.268 e. The van der Waals surface area contributed by atoms with E-state index in [0.717, 1.165) is 0 Å². The molecule has 0 spiro atoms. The summed E-state index contributed by atoms with van der Waals surface area (Å²) >= 11 is 0. The maximum atomic E-state index is 10.9. The molecule has 1 rings (SSSR count). The molecule has 1 atom stereocenters. The number of anilines is 1. The molecule has 1 aromatic heterocycles. The van der Waals surface area contributed by atoms with Gasteiger partial charge in [0, 0.05) is 13.7 Å². The summed E-state index contributed by atoms with van der Waals surface area (Å²) in [5.74, 6) is -0.175. The second-order valence-electron chi connectivity index (χ2n) is 3.48. The Balaban J connectivity index is 2.41. The van der Waals surface area contributed by atoms with Crippen molar-refractivity contribution < 1.29 is 14.6 Å². The van der Waals surface area contributed by atoms with Crippen LogP contribution in [0.15, 0.2) is 12.4 Å². The lowest BCUT2D eigenvalue weighted by Gasteiger charge is -2.10. The summed E-state index contributed by atoms with van der Waals surface area (Å²) in [6.45, 7) is 0.788. The number of ether oxygens (including phenoxy) is 1. The predicted octanol–water partition coefficient (Wildman–Crippen LogP) is -0.615. The Morgan fingerprint density at radius 3 is 3.06 bits per heavy atom. The molecule has 0 aromatic carbocycles. The van der Waals surface area contributed by atoms with Gasteiger partial charge in [0.05, 0.1) is 25.1 Å². The third kappa shape index (κ3) is 4.75. The molecule has 0 radical (unpaired) electrons. The van der Waals surface area contributed by atoms with E-state index in [4.69, 9.17) is 10.5 Å². The van der Waals surface area contributed by atoms with E-state index in [1.54, 1.807) is 0 Å². The second-order valence-corrected chi connectivity index (χ2v) is 3.48. The van der Waals surface area contributed by atoms with Crippen molar-refractivity contribution in [2.24, 2.45) is 5.73 Å². The van der Waals surface area contributed by atoms with Gasteiger partial charge in [-0.25, -0.2) is 4.98 Å². The largest absolute Gasteiger partial charge is 0.391 e. The van der Waals surface area contributed by atoms with Gasteiger partial charge in [-0.3, -0.25) is 9.78 Å². The van der Waals surface area contributed by atoms with Crippen LogP contribution in [0.4, 0.5) is 5.82 Å². The zero-order valence-electron chi connectivity index (χ0n) is 9.59. The third-order valence-corrected chi connectivity index (χ3v) is 2.03. The van der Waals surface area contributed by atoms with Crippen LogP contribution >= 0.6 is 0 Å². The van der Waals surface area contributed by atoms with E-state index in [1.807, 2.05) is 0 Å². The van der Waals surface area contributed by atoms with E-state index in [2.05, 4.69) is 15.3 Å². The van der Waals surface area contributed by atoms with E-state index in [-0.39, 0.29) is 12.3 Å². The van der Waals surface area contributed by atoms with Crippen molar-refractivity contribution in [3.05, 3.63) is 18.1 Å². The normalized spacial score (nSPS) is 12.1. The zero-order chi connectivity index (χ0) is 12.7. The molecule has 0 saturated carbocycles. The van der Waals surface area contributed by atoms with Gasteiger partial charge in [0.25, 0.3) is 5.91 Å². The van der Waals surface area contributed by atoms with Crippen LogP contribution in [0.5, 0.6) is 0 Å². The van der Waals surface area contributed by atoms with Gasteiger partial charge in [-0.2, -0.15) is 0 Å². The average Bonchev–Trinajstić information content (AvgIpc) is 2.30. The first kappa shape index (κ1) is 13.3. The smallest absolute Gasteiger partial charge is 0.268 e. The molecule has 1 heterocycles. The van der Waals surface area contributed by atoms with Crippen molar-refractivity contribution in [3.63, 3.8) is 0 Å². The molecule has 1 unspecified atom stereocenters. The number of amides is 1. The van der Waals surface area contributed by atoms with Crippen molar-refractivity contribution in [2.75, 3.05) is 25.6 Å². The van der Waals surface area contributed by atoms with Crippen LogP contribution in [0.25, 0.3) is 0 Å². The number of carbonyl (C=O) groups excluding carboxylic acids is 1. The summed E-state index contributed by atoms with van der Waals surface area (Å²) in [6, 6.07) is 0. The van der Waals surface area contributed by atoms with Gasteiger partial charge < -0.3 is 20.9 Å². The van der Waals surface area contributed by atoms with E-state index < -0.39 is 12.0 Å². The van der Waals surface area contributed by atoms with Gasteiger partial charge in [-0.05, 0) is 6.42 Å². The summed E-state index contributed by atoms with van der Waals surface area (Å²) in [5.41, 5.74) is 5.18. The number of rotatable bonds is 7. The first-order valence-corrected chi connectivity index (χ1v) is 5.16. The molecular formula is C10H16N4O3. The Bertz CT molecular complexity index is 372. The molecule has 4 N–H and O–H groups in total. The molecule has 0 saturated heterocycles. The predicted molar refractivity (Wildman–Crippen MR) is 61.5 cm³/mol. The molecule has 0 aliphatic heterocycles. The van der Waals surface area contributed by atoms with Crippen LogP contribution in [0.3, 0.4) is 0 Å². The molecule has 7 nitrogen and oxygen atoms in total. The number of hydrogen-bond acceptors (Lipinski definition) is 6. The number of aromatic nitrogens is 2. The SMILES string of the molecule is COCC(O)CCNc1cncc(C(N)=O)n1. The van der Waals surface area contributed by atoms with Gasteiger partial charge in [-0.15, -0.1) is 0 Å². The quantitative estimate of drug-likeness (QED) is 0.586. The number of aliphatic hydroxyl groups excluding tert-OH is 1. The Kier molecular flexibility index (Phi) is 5.31. The van der Waals surface area contributed by atoms with Gasteiger partial charge in [-0.1, -0.05) is 0 Å². The lowest BCUT2D eigenvalue weighted by Crippen LogP contribution is -2.19. The molecule has 0 bridgehead atoms. The van der Waals surface area contributed by atoms with Crippen molar-refractivity contribution >= 4 is 11.7 Å². The molecule has 0 fully saturated rings. The summed E-state index contributed by atoms with van der Waals surface area (Å²) in [5, 5.41) is 12.3. The molecule has 0 aliphatic carbocycles. The maximum absolute atomic E-state index is 10.9. The minimum absolute atomic E-state index is 0.104. The summed E-state index contributed by atoms with van der Waals surface area (Å²) in [7, 11) is 1.53. The first-order chi connectivity index (χ1) is 8.13. The molecule has 17 heavy (non-hydrogen) atoms. The summed E-state index contributed by atoms with van der Waals surface area (Å²) in [4.78, 5) is 18.6. The summed E-state index contributed by atoms with van der Waals surface area (Å²) < 4.78 is 4.79. The number of hydrogen-bond donors (Lipinski definition) is 3. The third-order valence-electron chi connectivity index (χ3n) is 2.03. The topological polar surface area (TPSA) is 110 Å². The Morgan fingerprint density at radius 2 is 2.41 bits per heavy atom. The second kappa shape index (κ2) is 6.77. The van der Waals surface area contributed by atoms with Crippen molar-refractivity contribution in [2.45, 2.75) is 12.5 Å². The Labute approximate surface area is 99.0 Å². The molecular weight excluding hydrogens is 224 g/mol. The van der Waals surface area contributed by atoms with Crippen LogP contribution in [0, 0.1) is 0 Å². The van der Waals surface area contributed by atoms with Crippen molar-refractivity contribution in [1.29, 1.82) is 0 Å². The van der Waals surface area contributed by atoms with Crippen molar-refractivity contribution in [3.8, 4) is 0 Å². The molecule has 1 aromatic rings. The average molecular weight is 240 g/mol. The number of carbonyl (C=O) groups is 1. The minimum Gasteiger partial charge on any atom is -0.391 e. The van der Waals surface area contributed by atoms with E-state index >= 15 is 0 Å². The highest BCUT2D eigenvalue weighted by molar-refractivity contribution is 5.90. The van der Waals surface area contributed by atoms with Crippen LogP contribution in [0.1, 0.15) is 16.9 Å². The number of nitrogens with zero attached hydrogens (tertiary/aromatic N) is 2. The van der Waals surface area contributed by atoms with E-state index in [1.165, 1.54) is 19.5 Å². The monoisotopic (exact) mass is 240 g/mol. The van der Waals surface area contributed by atoms with E-state index in [9.17, 15) is 9.90 Å². The van der Waals surface area contributed by atoms with Gasteiger partial charge in [0.15, 0.2) is 0 Å². The van der Waals surface area contributed by atoms with Crippen LogP contribution < -0.4 is 11.1 Å². The first-order valence-electron chi connectivity index (χ1n) is 5.16. The minimum atomic E-state index is -0.624. The number of methoxy groups -OCH3 is 1. The molecule has 1 amide bonds. The molecule has 7 heteroatoms. The van der Waals surface area contributed by atoms with Gasteiger partial charge >= 0.3 is 0 Å². The summed E-state index contributed by atoms with van der Waals surface area (Å²) in [6.07, 6.45) is 2.76. The standard InChI is InChI=1S/C10H16N4O3/c1-17-6-7(15)2-3-13-9-5-12-4-8(14-9)10(11)16/h4-5,7,15H,2-3,6H2,1H3,(H2,11,16)(H,13,14). The Hall–Kier alpha value is -1.73. The lowest BCUT2D eigenvalue weighted by molar-refractivity contribution is 0.0615. The lowest BCUT2D eigenvalue weighted by atomic mass is 10.2. The number of nitrogens with two attached hydrogens (primary N) is 1.